The smallest absolute Gasteiger partial charge is 0.243 e. The molecule has 0 saturated carbocycles. The average Bonchev–Trinajstić information content (AvgIpc) is 2.61. The molecule has 0 unspecified atom stereocenters. The summed E-state index contributed by atoms with van der Waals surface area (Å²) in [4.78, 5) is 12.8. The van der Waals surface area contributed by atoms with Gasteiger partial charge in [0.05, 0.1) is 10.5 Å². The van der Waals surface area contributed by atoms with E-state index in [4.69, 9.17) is 0 Å². The molecule has 0 radical (unpaired) electrons. The topological polar surface area (TPSA) is 86.7 Å². The number of benzene rings is 1. The van der Waals surface area contributed by atoms with Gasteiger partial charge in [-0.15, -0.1) is 0 Å². The Labute approximate surface area is 160 Å². The van der Waals surface area contributed by atoms with Gasteiger partial charge < -0.3 is 10.4 Å². The van der Waals surface area contributed by atoms with Crippen molar-refractivity contribution in [3.8, 4) is 0 Å². The van der Waals surface area contributed by atoms with Crippen molar-refractivity contribution in [3.05, 3.63) is 30.3 Å². The molecule has 0 aromatic heterocycles. The van der Waals surface area contributed by atoms with Crippen LogP contribution in [0.25, 0.3) is 0 Å². The van der Waals surface area contributed by atoms with Crippen molar-refractivity contribution in [1.82, 2.24) is 9.62 Å². The van der Waals surface area contributed by atoms with E-state index in [-0.39, 0.29) is 10.8 Å². The molecule has 6 nitrogen and oxygen atoms in total. The maximum absolute atomic E-state index is 12.9. The molecular weight excluding hydrogens is 372 g/mol. The van der Waals surface area contributed by atoms with E-state index in [1.54, 1.807) is 55.9 Å². The van der Waals surface area contributed by atoms with E-state index in [0.29, 0.717) is 31.0 Å². The molecule has 0 bridgehead atoms. The Morgan fingerprint density at radius 3 is 2.65 bits per heavy atom. The quantitative estimate of drug-likeness (QED) is 0.651. The van der Waals surface area contributed by atoms with E-state index in [0.717, 1.165) is 12.8 Å². The summed E-state index contributed by atoms with van der Waals surface area (Å²) in [6.07, 6.45) is 2.14. The van der Waals surface area contributed by atoms with Crippen molar-refractivity contribution in [2.24, 2.45) is 0 Å². The zero-order valence-corrected chi connectivity index (χ0v) is 17.0. The molecule has 26 heavy (non-hydrogen) atoms. The van der Waals surface area contributed by atoms with Crippen LogP contribution >= 0.6 is 11.8 Å². The zero-order chi connectivity index (χ0) is 19.2. The molecule has 1 heterocycles. The first kappa shape index (κ1) is 21.2. The lowest BCUT2D eigenvalue weighted by atomic mass is 10.0. The maximum atomic E-state index is 12.9. The number of carbonyl (C=O) groups is 1. The van der Waals surface area contributed by atoms with Gasteiger partial charge in [-0.3, -0.25) is 4.79 Å². The van der Waals surface area contributed by atoms with E-state index in [9.17, 15) is 18.3 Å². The van der Waals surface area contributed by atoms with Gasteiger partial charge in [-0.05, 0) is 38.8 Å². The van der Waals surface area contributed by atoms with E-state index >= 15 is 0 Å². The first-order valence-corrected chi connectivity index (χ1v) is 11.5. The largest absolute Gasteiger partial charge is 0.390 e. The predicted molar refractivity (Wildman–Crippen MR) is 105 cm³/mol. The molecule has 0 spiro atoms. The number of hydrogen-bond donors (Lipinski definition) is 2. The van der Waals surface area contributed by atoms with Gasteiger partial charge in [-0.25, -0.2) is 8.42 Å². The molecule has 0 aliphatic carbocycles. The first-order chi connectivity index (χ1) is 12.2. The summed E-state index contributed by atoms with van der Waals surface area (Å²) in [5, 5.41) is 12.5. The molecule has 1 saturated heterocycles. The molecular formula is C18H28N2O4S2. The molecule has 1 aromatic carbocycles. The SMILES string of the molecule is CC(C)(O)CSCCNC(=O)[C@@H]1CCCCN1S(=O)(=O)c1ccccc1. The highest BCUT2D eigenvalue weighted by molar-refractivity contribution is 7.99. The summed E-state index contributed by atoms with van der Waals surface area (Å²) >= 11 is 1.56. The predicted octanol–water partition coefficient (Wildman–Crippen LogP) is 1.85. The molecule has 1 aromatic rings. The number of amides is 1. The van der Waals surface area contributed by atoms with Gasteiger partial charge in [0.1, 0.15) is 6.04 Å². The van der Waals surface area contributed by atoms with Crippen molar-refractivity contribution in [3.63, 3.8) is 0 Å². The Hall–Kier alpha value is -1.09. The first-order valence-electron chi connectivity index (χ1n) is 8.86. The summed E-state index contributed by atoms with van der Waals surface area (Å²) in [6.45, 7) is 4.30. The second-order valence-corrected chi connectivity index (χ2v) is 10.1. The number of rotatable bonds is 8. The van der Waals surface area contributed by atoms with E-state index in [1.807, 2.05) is 0 Å². The number of hydrogen-bond acceptors (Lipinski definition) is 5. The molecule has 1 aliphatic rings. The molecule has 8 heteroatoms. The lowest BCUT2D eigenvalue weighted by Crippen LogP contribution is -2.52. The van der Waals surface area contributed by atoms with Gasteiger partial charge in [0.15, 0.2) is 0 Å². The Morgan fingerprint density at radius 1 is 1.31 bits per heavy atom. The van der Waals surface area contributed by atoms with Crippen molar-refractivity contribution < 1.29 is 18.3 Å². The molecule has 1 fully saturated rings. The minimum absolute atomic E-state index is 0.223. The number of nitrogens with zero attached hydrogens (tertiary/aromatic N) is 1. The average molecular weight is 401 g/mol. The van der Waals surface area contributed by atoms with Gasteiger partial charge in [-0.1, -0.05) is 24.6 Å². The molecule has 146 valence electrons. The lowest BCUT2D eigenvalue weighted by Gasteiger charge is -2.33. The van der Waals surface area contributed by atoms with Crippen LogP contribution < -0.4 is 5.32 Å². The highest BCUT2D eigenvalue weighted by Crippen LogP contribution is 2.25. The second-order valence-electron chi connectivity index (χ2n) is 7.10. The molecule has 1 amide bonds. The summed E-state index contributed by atoms with van der Waals surface area (Å²) in [5.41, 5.74) is -0.737. The fourth-order valence-corrected chi connectivity index (χ4v) is 5.44. The second kappa shape index (κ2) is 9.21. The number of thioether (sulfide) groups is 1. The number of carbonyl (C=O) groups excluding carboxylic acids is 1. The molecule has 2 N–H and O–H groups in total. The van der Waals surface area contributed by atoms with Gasteiger partial charge in [0.25, 0.3) is 0 Å². The van der Waals surface area contributed by atoms with Crippen molar-refractivity contribution in [1.29, 1.82) is 0 Å². The monoisotopic (exact) mass is 400 g/mol. The summed E-state index contributed by atoms with van der Waals surface area (Å²) < 4.78 is 27.1. The Bertz CT molecular complexity index is 687. The number of piperidine rings is 1. The Kier molecular flexibility index (Phi) is 7.52. The van der Waals surface area contributed by atoms with Crippen LogP contribution in [0, 0.1) is 0 Å². The van der Waals surface area contributed by atoms with Gasteiger partial charge in [0.2, 0.25) is 15.9 Å². The highest BCUT2D eigenvalue weighted by atomic mass is 32.2. The van der Waals surface area contributed by atoms with Gasteiger partial charge in [-0.2, -0.15) is 16.1 Å². The van der Waals surface area contributed by atoms with Crippen molar-refractivity contribution in [2.75, 3.05) is 24.6 Å². The van der Waals surface area contributed by atoms with Crippen LogP contribution in [-0.2, 0) is 14.8 Å². The standard InChI is InChI=1S/C18H28N2O4S2/c1-18(2,22)14-25-13-11-19-17(21)16-10-6-7-12-20(16)26(23,24)15-8-4-3-5-9-15/h3-5,8-9,16,22H,6-7,10-14H2,1-2H3,(H,19,21)/t16-/m0/s1. The van der Waals surface area contributed by atoms with Crippen LogP contribution in [-0.4, -0.2) is 60.0 Å². The van der Waals surface area contributed by atoms with Gasteiger partial charge in [0, 0.05) is 24.6 Å². The van der Waals surface area contributed by atoms with Crippen LogP contribution in [0.3, 0.4) is 0 Å². The van der Waals surface area contributed by atoms with Crippen LogP contribution in [0.4, 0.5) is 0 Å². The maximum Gasteiger partial charge on any atom is 0.243 e. The molecule has 2 rings (SSSR count). The summed E-state index contributed by atoms with van der Waals surface area (Å²) in [5.74, 6) is 1.02. The minimum Gasteiger partial charge on any atom is -0.390 e. The van der Waals surface area contributed by atoms with Crippen LogP contribution in [0.15, 0.2) is 35.2 Å². The Balaban J connectivity index is 1.96. The number of aliphatic hydroxyl groups is 1. The van der Waals surface area contributed by atoms with Crippen LogP contribution in [0.2, 0.25) is 0 Å². The third kappa shape index (κ3) is 5.97. The van der Waals surface area contributed by atoms with Crippen LogP contribution in [0.1, 0.15) is 33.1 Å². The highest BCUT2D eigenvalue weighted by Gasteiger charge is 2.37. The zero-order valence-electron chi connectivity index (χ0n) is 15.3. The summed E-state index contributed by atoms with van der Waals surface area (Å²) in [6, 6.07) is 7.61. The van der Waals surface area contributed by atoms with E-state index in [1.165, 1.54) is 4.31 Å². The van der Waals surface area contributed by atoms with E-state index in [2.05, 4.69) is 5.32 Å². The number of sulfonamides is 1. The molecule has 1 aliphatic heterocycles. The fraction of sp³-hybridized carbons (Fsp3) is 0.611. The molecule has 1 atom stereocenters. The minimum atomic E-state index is -3.68. The van der Waals surface area contributed by atoms with Crippen molar-refractivity contribution >= 4 is 27.7 Å². The lowest BCUT2D eigenvalue weighted by molar-refractivity contribution is -0.125. The summed E-state index contributed by atoms with van der Waals surface area (Å²) in [7, 11) is -3.68. The van der Waals surface area contributed by atoms with Crippen molar-refractivity contribution in [2.45, 2.75) is 49.6 Å². The number of nitrogens with one attached hydrogen (secondary N) is 1. The Morgan fingerprint density at radius 2 is 2.00 bits per heavy atom. The fourth-order valence-electron chi connectivity index (χ4n) is 2.87. The van der Waals surface area contributed by atoms with Gasteiger partial charge >= 0.3 is 0 Å². The normalized spacial score (nSPS) is 19.3. The van der Waals surface area contributed by atoms with E-state index < -0.39 is 21.7 Å². The third-order valence-electron chi connectivity index (χ3n) is 4.11. The van der Waals surface area contributed by atoms with Crippen LogP contribution in [0.5, 0.6) is 0 Å². The third-order valence-corrected chi connectivity index (χ3v) is 7.43.